The van der Waals surface area contributed by atoms with Crippen molar-refractivity contribution < 1.29 is 9.59 Å². The minimum atomic E-state index is -0.0768. The first kappa shape index (κ1) is 22.5. The van der Waals surface area contributed by atoms with Gasteiger partial charge in [-0.2, -0.15) is 0 Å². The smallest absolute Gasteiger partial charge is 0.243 e. The molecule has 0 N–H and O–H groups in total. The van der Waals surface area contributed by atoms with Crippen LogP contribution in [-0.2, 0) is 16.0 Å². The largest absolute Gasteiger partial charge is 0.331 e. The van der Waals surface area contributed by atoms with E-state index < -0.39 is 0 Å². The Morgan fingerprint density at radius 3 is 2.50 bits per heavy atom. The van der Waals surface area contributed by atoms with E-state index in [9.17, 15) is 9.59 Å². The van der Waals surface area contributed by atoms with E-state index >= 15 is 0 Å². The van der Waals surface area contributed by atoms with E-state index in [1.54, 1.807) is 16.2 Å². The fraction of sp³-hybridized carbons (Fsp3) is 0.520. The van der Waals surface area contributed by atoms with Crippen LogP contribution in [0.25, 0.3) is 0 Å². The maximum absolute atomic E-state index is 13.5. The Labute approximate surface area is 184 Å². The molecule has 2 atom stereocenters. The Morgan fingerprint density at radius 2 is 1.87 bits per heavy atom. The third-order valence-electron chi connectivity index (χ3n) is 6.01. The molecule has 3 rings (SSSR count). The first-order valence-corrected chi connectivity index (χ1v) is 11.9. The highest BCUT2D eigenvalue weighted by Crippen LogP contribution is 2.38. The summed E-state index contributed by atoms with van der Waals surface area (Å²) in [6.07, 6.45) is 2.20. The first-order valence-electron chi connectivity index (χ1n) is 11.0. The predicted octanol–water partition coefficient (Wildman–Crippen LogP) is 5.20. The number of carbonyl (C=O) groups excluding carboxylic acids is 2. The van der Waals surface area contributed by atoms with Crippen LogP contribution in [0.15, 0.2) is 35.7 Å². The van der Waals surface area contributed by atoms with Crippen LogP contribution in [0.1, 0.15) is 68.1 Å². The molecule has 0 fully saturated rings. The topological polar surface area (TPSA) is 40.6 Å². The molecule has 162 valence electrons. The van der Waals surface area contributed by atoms with E-state index in [-0.39, 0.29) is 36.4 Å². The summed E-state index contributed by atoms with van der Waals surface area (Å²) in [7, 11) is 0. The van der Waals surface area contributed by atoms with Crippen molar-refractivity contribution in [2.24, 2.45) is 5.92 Å². The summed E-state index contributed by atoms with van der Waals surface area (Å²) < 4.78 is 0. The van der Waals surface area contributed by atoms with Crippen molar-refractivity contribution in [1.82, 2.24) is 9.80 Å². The number of carbonyl (C=O) groups is 2. The standard InChI is InChI=1S/C25H34N2O2S/c1-6-19(5)27(23(28)15-17(2)3)16-24(29)26-13-11-22-21(12-14-30-22)25(26)20-9-7-18(4)8-10-20/h7-10,12,14,17,19,25H,6,11,13,15-16H2,1-5H3. The lowest BCUT2D eigenvalue weighted by Crippen LogP contribution is -2.49. The van der Waals surface area contributed by atoms with E-state index in [2.05, 4.69) is 49.6 Å². The lowest BCUT2D eigenvalue weighted by atomic mass is 9.92. The molecule has 2 unspecified atom stereocenters. The van der Waals surface area contributed by atoms with Gasteiger partial charge in [0.05, 0.1) is 6.04 Å². The van der Waals surface area contributed by atoms with Gasteiger partial charge < -0.3 is 9.80 Å². The van der Waals surface area contributed by atoms with Crippen molar-refractivity contribution in [2.45, 2.75) is 66.0 Å². The maximum atomic E-state index is 13.5. The molecule has 2 aromatic rings. The van der Waals surface area contributed by atoms with Crippen molar-refractivity contribution in [3.63, 3.8) is 0 Å². The van der Waals surface area contributed by atoms with Gasteiger partial charge in [-0.3, -0.25) is 9.59 Å². The third-order valence-corrected chi connectivity index (χ3v) is 7.01. The molecule has 1 aliphatic heterocycles. The van der Waals surface area contributed by atoms with Crippen molar-refractivity contribution in [3.8, 4) is 0 Å². The molecule has 30 heavy (non-hydrogen) atoms. The average Bonchev–Trinajstić information content (AvgIpc) is 3.19. The second-order valence-electron chi connectivity index (χ2n) is 8.83. The zero-order valence-electron chi connectivity index (χ0n) is 18.9. The van der Waals surface area contributed by atoms with Crippen molar-refractivity contribution >= 4 is 23.2 Å². The van der Waals surface area contributed by atoms with Crippen LogP contribution < -0.4 is 0 Å². The zero-order chi connectivity index (χ0) is 21.8. The minimum Gasteiger partial charge on any atom is -0.331 e. The van der Waals surface area contributed by atoms with E-state index in [4.69, 9.17) is 0 Å². The fourth-order valence-corrected chi connectivity index (χ4v) is 5.01. The number of nitrogens with zero attached hydrogens (tertiary/aromatic N) is 2. The number of aryl methyl sites for hydroxylation is 1. The SMILES string of the molecule is CCC(C)N(CC(=O)N1CCc2sccc2C1c1ccc(C)cc1)C(=O)CC(C)C. The Balaban J connectivity index is 1.88. The summed E-state index contributed by atoms with van der Waals surface area (Å²) in [5.41, 5.74) is 3.57. The third kappa shape index (κ3) is 4.94. The van der Waals surface area contributed by atoms with E-state index in [0.29, 0.717) is 13.0 Å². The number of rotatable bonds is 7. The zero-order valence-corrected chi connectivity index (χ0v) is 19.7. The normalized spacial score (nSPS) is 17.0. The number of benzene rings is 1. The average molecular weight is 427 g/mol. The van der Waals surface area contributed by atoms with Crippen molar-refractivity contribution in [2.75, 3.05) is 13.1 Å². The molecule has 4 nitrogen and oxygen atoms in total. The van der Waals surface area contributed by atoms with Gasteiger partial charge in [0.15, 0.2) is 0 Å². The maximum Gasteiger partial charge on any atom is 0.243 e. The van der Waals surface area contributed by atoms with Crippen LogP contribution in [0.3, 0.4) is 0 Å². The van der Waals surface area contributed by atoms with Gasteiger partial charge in [-0.25, -0.2) is 0 Å². The van der Waals surface area contributed by atoms with E-state index in [1.165, 1.54) is 16.0 Å². The summed E-state index contributed by atoms with van der Waals surface area (Å²) in [5.74, 6) is 0.394. The predicted molar refractivity (Wildman–Crippen MR) is 124 cm³/mol. The number of fused-ring (bicyclic) bond motifs is 1. The molecule has 0 radical (unpaired) electrons. The molecular formula is C25H34N2O2S. The van der Waals surface area contributed by atoms with E-state index in [0.717, 1.165) is 18.4 Å². The lowest BCUT2D eigenvalue weighted by molar-refractivity contribution is -0.144. The van der Waals surface area contributed by atoms with E-state index in [1.807, 2.05) is 25.7 Å². The van der Waals surface area contributed by atoms with Crippen LogP contribution in [-0.4, -0.2) is 40.7 Å². The quantitative estimate of drug-likeness (QED) is 0.610. The molecule has 0 aliphatic carbocycles. The molecule has 0 bridgehead atoms. The molecular weight excluding hydrogens is 392 g/mol. The summed E-state index contributed by atoms with van der Waals surface area (Å²) in [6.45, 7) is 11.1. The lowest BCUT2D eigenvalue weighted by Gasteiger charge is -2.38. The summed E-state index contributed by atoms with van der Waals surface area (Å²) in [4.78, 5) is 31.5. The van der Waals surface area contributed by atoms with Gasteiger partial charge in [-0.05, 0) is 55.2 Å². The van der Waals surface area contributed by atoms with Crippen LogP contribution in [0.4, 0.5) is 0 Å². The van der Waals surface area contributed by atoms with Crippen LogP contribution in [0.5, 0.6) is 0 Å². The van der Waals surface area contributed by atoms with Crippen LogP contribution in [0.2, 0.25) is 0 Å². The van der Waals surface area contributed by atoms with Gasteiger partial charge in [0, 0.05) is 23.9 Å². The minimum absolute atomic E-state index is 0.0369. The molecule has 1 aromatic heterocycles. The second-order valence-corrected chi connectivity index (χ2v) is 9.83. The summed E-state index contributed by atoms with van der Waals surface area (Å²) >= 11 is 1.77. The van der Waals surface area contributed by atoms with Crippen molar-refractivity contribution in [3.05, 3.63) is 57.3 Å². The van der Waals surface area contributed by atoms with Gasteiger partial charge in [-0.15, -0.1) is 11.3 Å². The first-order chi connectivity index (χ1) is 14.3. The molecule has 0 spiro atoms. The van der Waals surface area contributed by atoms with Crippen LogP contribution >= 0.6 is 11.3 Å². The van der Waals surface area contributed by atoms with Gasteiger partial charge >= 0.3 is 0 Å². The Kier molecular flexibility index (Phi) is 7.35. The van der Waals surface area contributed by atoms with Gasteiger partial charge in [0.2, 0.25) is 11.8 Å². The van der Waals surface area contributed by atoms with Gasteiger partial charge in [0.25, 0.3) is 0 Å². The summed E-state index contributed by atoms with van der Waals surface area (Å²) in [6, 6.07) is 10.6. The highest BCUT2D eigenvalue weighted by Gasteiger charge is 2.34. The molecule has 1 aliphatic rings. The molecule has 2 amide bonds. The Hall–Kier alpha value is -2.14. The van der Waals surface area contributed by atoms with Gasteiger partial charge in [0.1, 0.15) is 6.54 Å². The van der Waals surface area contributed by atoms with Gasteiger partial charge in [-0.1, -0.05) is 50.6 Å². The number of hydrogen-bond acceptors (Lipinski definition) is 3. The number of amides is 2. The highest BCUT2D eigenvalue weighted by atomic mass is 32.1. The number of thiophene rings is 1. The monoisotopic (exact) mass is 426 g/mol. The summed E-state index contributed by atoms with van der Waals surface area (Å²) in [5, 5.41) is 2.12. The number of hydrogen-bond donors (Lipinski definition) is 0. The van der Waals surface area contributed by atoms with Crippen LogP contribution in [0, 0.1) is 12.8 Å². The molecule has 0 saturated heterocycles. The molecule has 5 heteroatoms. The Bertz CT molecular complexity index is 872. The second kappa shape index (κ2) is 9.78. The highest BCUT2D eigenvalue weighted by molar-refractivity contribution is 7.10. The fourth-order valence-electron chi connectivity index (χ4n) is 4.11. The Morgan fingerprint density at radius 1 is 1.17 bits per heavy atom. The molecule has 2 heterocycles. The molecule has 1 aromatic carbocycles. The molecule has 0 saturated carbocycles. The van der Waals surface area contributed by atoms with Crippen molar-refractivity contribution in [1.29, 1.82) is 0 Å².